The first kappa shape index (κ1) is 23.7. The van der Waals surface area contributed by atoms with Crippen LogP contribution in [0.3, 0.4) is 0 Å². The topological polar surface area (TPSA) is 116 Å². The lowest BCUT2D eigenvalue weighted by Gasteiger charge is -2.34. The summed E-state index contributed by atoms with van der Waals surface area (Å²) in [6.45, 7) is 1.15. The smallest absolute Gasteiger partial charge is 0.331 e. The fraction of sp³-hybridized carbons (Fsp3) is 0.280. The van der Waals surface area contributed by atoms with E-state index in [1.165, 1.54) is 6.08 Å². The molecule has 0 amide bonds. The van der Waals surface area contributed by atoms with Crippen LogP contribution in [0.5, 0.6) is 0 Å². The van der Waals surface area contributed by atoms with Gasteiger partial charge in [0.2, 0.25) is 0 Å². The fourth-order valence-electron chi connectivity index (χ4n) is 3.54. The number of carbonyl (C=O) groups is 4. The van der Waals surface area contributed by atoms with Crippen molar-refractivity contribution in [1.82, 2.24) is 0 Å². The van der Waals surface area contributed by atoms with Gasteiger partial charge < -0.3 is 19.3 Å². The van der Waals surface area contributed by atoms with E-state index < -0.39 is 42.2 Å². The van der Waals surface area contributed by atoms with E-state index in [4.69, 9.17) is 14.2 Å². The summed E-state index contributed by atoms with van der Waals surface area (Å²) in [6, 6.07) is 17.8. The van der Waals surface area contributed by atoms with Crippen LogP contribution < -0.4 is 0 Å². The van der Waals surface area contributed by atoms with Gasteiger partial charge in [-0.2, -0.15) is 0 Å². The normalized spacial score (nSPS) is 19.7. The van der Waals surface area contributed by atoms with Crippen molar-refractivity contribution in [3.05, 3.63) is 83.4 Å². The second kappa shape index (κ2) is 11.1. The van der Waals surface area contributed by atoms with Crippen molar-refractivity contribution in [3.8, 4) is 0 Å². The maximum atomic E-state index is 12.6. The third-order valence-corrected chi connectivity index (χ3v) is 4.99. The van der Waals surface area contributed by atoms with Gasteiger partial charge in [0.25, 0.3) is 0 Å². The van der Waals surface area contributed by atoms with Gasteiger partial charge >= 0.3 is 23.9 Å². The van der Waals surface area contributed by atoms with E-state index in [9.17, 15) is 24.3 Å². The summed E-state index contributed by atoms with van der Waals surface area (Å²) in [5.41, 5.74) is 1.32. The van der Waals surface area contributed by atoms with Crippen LogP contribution in [0.4, 0.5) is 0 Å². The van der Waals surface area contributed by atoms with Crippen molar-refractivity contribution in [1.29, 1.82) is 0 Å². The molecule has 0 aliphatic heterocycles. The Kier molecular flexibility index (Phi) is 7.96. The van der Waals surface area contributed by atoms with Crippen LogP contribution in [-0.4, -0.2) is 47.3 Å². The molecule has 3 unspecified atom stereocenters. The van der Waals surface area contributed by atoms with Gasteiger partial charge in [0.05, 0.1) is 12.8 Å². The minimum Gasteiger partial charge on any atom is -0.478 e. The molecule has 2 aromatic carbocycles. The van der Waals surface area contributed by atoms with Crippen molar-refractivity contribution in [2.75, 3.05) is 0 Å². The standard InChI is InChI=1S/C25H24O8/c1-16(26)31-20-14-19(25(29)30)15-21(32-22(27)12-17-8-4-2-5-9-17)24(20)33-23(28)13-18-10-6-3-7-11-18/h2-11,14,20-21,24H,12-13,15H2,1H3,(H,29,30). The van der Waals surface area contributed by atoms with Crippen molar-refractivity contribution < 1.29 is 38.5 Å². The van der Waals surface area contributed by atoms with Gasteiger partial charge in [0.15, 0.2) is 12.2 Å². The molecule has 1 aliphatic rings. The van der Waals surface area contributed by atoms with Crippen molar-refractivity contribution in [3.63, 3.8) is 0 Å². The predicted molar refractivity (Wildman–Crippen MR) is 116 cm³/mol. The van der Waals surface area contributed by atoms with Gasteiger partial charge in [-0.3, -0.25) is 14.4 Å². The number of hydrogen-bond donors (Lipinski definition) is 1. The van der Waals surface area contributed by atoms with E-state index in [0.717, 1.165) is 6.92 Å². The summed E-state index contributed by atoms with van der Waals surface area (Å²) in [4.78, 5) is 48.4. The molecule has 0 bridgehead atoms. The van der Waals surface area contributed by atoms with Crippen LogP contribution in [0.1, 0.15) is 24.5 Å². The molecular formula is C25H24O8. The fourth-order valence-corrected chi connectivity index (χ4v) is 3.54. The van der Waals surface area contributed by atoms with Gasteiger partial charge in [-0.15, -0.1) is 0 Å². The lowest BCUT2D eigenvalue weighted by molar-refractivity contribution is -0.182. The molecule has 8 heteroatoms. The zero-order valence-corrected chi connectivity index (χ0v) is 18.0. The second-order valence-electron chi connectivity index (χ2n) is 7.58. The van der Waals surface area contributed by atoms with Crippen molar-refractivity contribution in [2.45, 2.75) is 44.5 Å². The maximum Gasteiger partial charge on any atom is 0.331 e. The highest BCUT2D eigenvalue weighted by molar-refractivity contribution is 5.87. The van der Waals surface area contributed by atoms with E-state index in [-0.39, 0.29) is 24.8 Å². The summed E-state index contributed by atoms with van der Waals surface area (Å²) in [5, 5.41) is 9.48. The number of rotatable bonds is 8. The van der Waals surface area contributed by atoms with Crippen LogP contribution in [0.25, 0.3) is 0 Å². The summed E-state index contributed by atoms with van der Waals surface area (Å²) in [5.74, 6) is -3.19. The highest BCUT2D eigenvalue weighted by Gasteiger charge is 2.42. The first-order valence-electron chi connectivity index (χ1n) is 10.4. The molecule has 0 saturated heterocycles. The Morgan fingerprint density at radius 2 is 1.33 bits per heavy atom. The van der Waals surface area contributed by atoms with E-state index in [1.54, 1.807) is 48.5 Å². The number of ether oxygens (including phenoxy) is 3. The summed E-state index contributed by atoms with van der Waals surface area (Å²) in [7, 11) is 0. The molecule has 0 aromatic heterocycles. The van der Waals surface area contributed by atoms with Gasteiger partial charge in [-0.1, -0.05) is 60.7 Å². The molecule has 0 saturated carbocycles. The van der Waals surface area contributed by atoms with Crippen LogP contribution in [0.2, 0.25) is 0 Å². The molecule has 0 radical (unpaired) electrons. The maximum absolute atomic E-state index is 12.6. The number of carboxylic acid groups (broad SMARTS) is 1. The molecule has 3 rings (SSSR count). The minimum atomic E-state index is -1.25. The summed E-state index contributed by atoms with van der Waals surface area (Å²) >= 11 is 0. The zero-order valence-electron chi connectivity index (χ0n) is 18.0. The molecule has 172 valence electrons. The van der Waals surface area contributed by atoms with Crippen LogP contribution in [0, 0.1) is 0 Å². The van der Waals surface area contributed by atoms with E-state index in [1.807, 2.05) is 12.1 Å². The Balaban J connectivity index is 1.81. The first-order chi connectivity index (χ1) is 15.8. The van der Waals surface area contributed by atoms with Gasteiger partial charge in [0.1, 0.15) is 6.10 Å². The first-order valence-corrected chi connectivity index (χ1v) is 10.4. The number of carboxylic acids is 1. The van der Waals surface area contributed by atoms with E-state index in [2.05, 4.69) is 0 Å². The van der Waals surface area contributed by atoms with Gasteiger partial charge in [-0.05, 0) is 17.2 Å². The quantitative estimate of drug-likeness (QED) is 0.480. The third kappa shape index (κ3) is 7.03. The average Bonchev–Trinajstić information content (AvgIpc) is 2.76. The Hall–Kier alpha value is -3.94. The minimum absolute atomic E-state index is 0.0492. The second-order valence-corrected chi connectivity index (χ2v) is 7.58. The molecule has 2 aromatic rings. The molecule has 8 nitrogen and oxygen atoms in total. The molecule has 0 spiro atoms. The van der Waals surface area contributed by atoms with Gasteiger partial charge in [0, 0.05) is 18.9 Å². The SMILES string of the molecule is CC(=O)OC1C=C(C(=O)O)CC(OC(=O)Cc2ccccc2)C1OC(=O)Cc1ccccc1. The molecule has 1 aliphatic carbocycles. The predicted octanol–water partition coefficient (Wildman–Crippen LogP) is 2.64. The van der Waals surface area contributed by atoms with Gasteiger partial charge in [-0.25, -0.2) is 4.79 Å². The molecule has 1 N–H and O–H groups in total. The lowest BCUT2D eigenvalue weighted by Crippen LogP contribution is -2.48. The highest BCUT2D eigenvalue weighted by atomic mass is 16.6. The summed E-state index contributed by atoms with van der Waals surface area (Å²) in [6.07, 6.45) is -2.62. The molecule has 0 fully saturated rings. The molecule has 0 heterocycles. The highest BCUT2D eigenvalue weighted by Crippen LogP contribution is 2.28. The number of hydrogen-bond acceptors (Lipinski definition) is 7. The number of aliphatic carboxylic acids is 1. The monoisotopic (exact) mass is 452 g/mol. The Morgan fingerprint density at radius 1 is 0.818 bits per heavy atom. The Labute approximate surface area is 190 Å². The third-order valence-electron chi connectivity index (χ3n) is 4.99. The zero-order chi connectivity index (χ0) is 23.8. The van der Waals surface area contributed by atoms with E-state index >= 15 is 0 Å². The number of benzene rings is 2. The largest absolute Gasteiger partial charge is 0.478 e. The molecule has 33 heavy (non-hydrogen) atoms. The number of esters is 3. The van der Waals surface area contributed by atoms with Crippen molar-refractivity contribution in [2.24, 2.45) is 0 Å². The summed E-state index contributed by atoms with van der Waals surface area (Å²) < 4.78 is 16.3. The average molecular weight is 452 g/mol. The van der Waals surface area contributed by atoms with E-state index in [0.29, 0.717) is 11.1 Å². The Bertz CT molecular complexity index is 1030. The van der Waals surface area contributed by atoms with Crippen LogP contribution in [-0.2, 0) is 46.2 Å². The van der Waals surface area contributed by atoms with Crippen LogP contribution in [0.15, 0.2) is 72.3 Å². The molecular weight excluding hydrogens is 428 g/mol. The van der Waals surface area contributed by atoms with Crippen LogP contribution >= 0.6 is 0 Å². The van der Waals surface area contributed by atoms with Crippen molar-refractivity contribution >= 4 is 23.9 Å². The lowest BCUT2D eigenvalue weighted by atomic mass is 9.91. The molecule has 3 atom stereocenters. The number of carbonyl (C=O) groups excluding carboxylic acids is 3. The Morgan fingerprint density at radius 3 is 1.82 bits per heavy atom.